The smallest absolute Gasteiger partial charge is 0.266 e. The van der Waals surface area contributed by atoms with Gasteiger partial charge in [0.05, 0.1) is 23.0 Å². The molecule has 0 atom stereocenters. The maximum atomic E-state index is 11.9. The van der Waals surface area contributed by atoms with Crippen LogP contribution in [-0.4, -0.2) is 28.3 Å². The van der Waals surface area contributed by atoms with Crippen LogP contribution in [0.25, 0.3) is 10.9 Å². The van der Waals surface area contributed by atoms with Gasteiger partial charge in [0.1, 0.15) is 0 Å². The number of fused-ring (bicyclic) bond motifs is 1. The molecule has 17 heavy (non-hydrogen) atoms. The van der Waals surface area contributed by atoms with Crippen molar-refractivity contribution in [3.05, 3.63) is 40.9 Å². The SMILES string of the molecule is O=c1c2ccccc2ncn1CCS(=O)(=O)O. The van der Waals surface area contributed by atoms with Gasteiger partial charge in [-0.2, -0.15) is 8.42 Å². The van der Waals surface area contributed by atoms with E-state index in [9.17, 15) is 13.2 Å². The third-order valence-electron chi connectivity index (χ3n) is 2.32. The van der Waals surface area contributed by atoms with E-state index in [1.807, 2.05) is 0 Å². The van der Waals surface area contributed by atoms with Crippen molar-refractivity contribution in [1.29, 1.82) is 0 Å². The molecule has 0 unspecified atom stereocenters. The number of para-hydroxylation sites is 1. The van der Waals surface area contributed by atoms with Crippen LogP contribution in [0.5, 0.6) is 0 Å². The first-order valence-electron chi connectivity index (χ1n) is 4.87. The van der Waals surface area contributed by atoms with Crippen LogP contribution in [0.3, 0.4) is 0 Å². The number of nitrogens with zero attached hydrogens (tertiary/aromatic N) is 2. The summed E-state index contributed by atoms with van der Waals surface area (Å²) in [5, 5.41) is 0.422. The Labute approximate surface area is 97.3 Å². The largest absolute Gasteiger partial charge is 0.298 e. The summed E-state index contributed by atoms with van der Waals surface area (Å²) in [5.41, 5.74) is 0.236. The van der Waals surface area contributed by atoms with Crippen LogP contribution >= 0.6 is 0 Å². The summed E-state index contributed by atoms with van der Waals surface area (Å²) < 4.78 is 31.0. The number of aryl methyl sites for hydroxylation is 1. The Bertz CT molecular complexity index is 706. The molecular formula is C10H10N2O4S. The van der Waals surface area contributed by atoms with Crippen LogP contribution in [-0.2, 0) is 16.7 Å². The van der Waals surface area contributed by atoms with Gasteiger partial charge < -0.3 is 0 Å². The molecule has 0 saturated heterocycles. The highest BCUT2D eigenvalue weighted by Gasteiger charge is 2.07. The highest BCUT2D eigenvalue weighted by Crippen LogP contribution is 2.04. The second-order valence-electron chi connectivity index (χ2n) is 3.55. The molecule has 2 aromatic rings. The first kappa shape index (κ1) is 11.7. The topological polar surface area (TPSA) is 89.3 Å². The summed E-state index contributed by atoms with van der Waals surface area (Å²) in [6.07, 6.45) is 1.27. The molecule has 0 bridgehead atoms. The Hall–Kier alpha value is -1.73. The molecule has 7 heteroatoms. The molecule has 0 aliphatic rings. The lowest BCUT2D eigenvalue weighted by molar-refractivity contribution is 0.477. The molecule has 1 aromatic heterocycles. The second-order valence-corrected chi connectivity index (χ2v) is 5.12. The van der Waals surface area contributed by atoms with E-state index in [1.54, 1.807) is 24.3 Å². The summed E-state index contributed by atoms with van der Waals surface area (Å²) in [7, 11) is -4.08. The molecule has 0 saturated carbocycles. The first-order valence-corrected chi connectivity index (χ1v) is 6.48. The Morgan fingerprint density at radius 3 is 2.71 bits per heavy atom. The van der Waals surface area contributed by atoms with Gasteiger partial charge >= 0.3 is 0 Å². The van der Waals surface area contributed by atoms with E-state index in [-0.39, 0.29) is 12.1 Å². The fourth-order valence-corrected chi connectivity index (χ4v) is 1.91. The number of rotatable bonds is 3. The van der Waals surface area contributed by atoms with Crippen molar-refractivity contribution in [3.8, 4) is 0 Å². The molecule has 0 radical (unpaired) electrons. The monoisotopic (exact) mass is 254 g/mol. The summed E-state index contributed by atoms with van der Waals surface area (Å²) in [5.74, 6) is -0.507. The van der Waals surface area contributed by atoms with E-state index in [1.165, 1.54) is 6.33 Å². The molecule has 1 heterocycles. The van der Waals surface area contributed by atoms with Gasteiger partial charge in [-0.3, -0.25) is 13.9 Å². The lowest BCUT2D eigenvalue weighted by Gasteiger charge is -2.04. The first-order chi connectivity index (χ1) is 7.97. The number of aromatic nitrogens is 2. The van der Waals surface area contributed by atoms with E-state index in [2.05, 4.69) is 4.98 Å². The van der Waals surface area contributed by atoms with Gasteiger partial charge in [0, 0.05) is 6.54 Å². The van der Waals surface area contributed by atoms with Crippen molar-refractivity contribution in [2.24, 2.45) is 0 Å². The van der Waals surface area contributed by atoms with Crippen molar-refractivity contribution < 1.29 is 13.0 Å². The van der Waals surface area contributed by atoms with Gasteiger partial charge in [-0.05, 0) is 12.1 Å². The molecule has 1 aromatic carbocycles. The minimum Gasteiger partial charge on any atom is -0.298 e. The summed E-state index contributed by atoms with van der Waals surface area (Å²) in [4.78, 5) is 15.9. The van der Waals surface area contributed by atoms with Gasteiger partial charge in [-0.15, -0.1) is 0 Å². The van der Waals surface area contributed by atoms with E-state index in [0.29, 0.717) is 10.9 Å². The van der Waals surface area contributed by atoms with E-state index < -0.39 is 15.9 Å². The maximum absolute atomic E-state index is 11.9. The van der Waals surface area contributed by atoms with Gasteiger partial charge in [0.15, 0.2) is 0 Å². The van der Waals surface area contributed by atoms with Crippen molar-refractivity contribution >= 4 is 21.0 Å². The molecule has 2 rings (SSSR count). The van der Waals surface area contributed by atoms with Crippen LogP contribution < -0.4 is 5.56 Å². The van der Waals surface area contributed by atoms with E-state index in [0.717, 1.165) is 4.57 Å². The Balaban J connectivity index is 2.43. The zero-order valence-corrected chi connectivity index (χ0v) is 9.59. The molecule has 0 aliphatic heterocycles. The maximum Gasteiger partial charge on any atom is 0.266 e. The lowest BCUT2D eigenvalue weighted by atomic mass is 10.2. The molecule has 0 amide bonds. The summed E-state index contributed by atoms with van der Waals surface area (Å²) in [6, 6.07) is 6.79. The minimum atomic E-state index is -4.08. The predicted molar refractivity (Wildman–Crippen MR) is 62.4 cm³/mol. The lowest BCUT2D eigenvalue weighted by Crippen LogP contribution is -2.24. The average Bonchev–Trinajstić information content (AvgIpc) is 2.27. The third-order valence-corrected chi connectivity index (χ3v) is 3.02. The minimum absolute atomic E-state index is 0.116. The fourth-order valence-electron chi connectivity index (χ4n) is 1.48. The van der Waals surface area contributed by atoms with Gasteiger partial charge in [-0.25, -0.2) is 4.98 Å². The van der Waals surface area contributed by atoms with Crippen molar-refractivity contribution in [1.82, 2.24) is 9.55 Å². The normalized spacial score (nSPS) is 11.8. The van der Waals surface area contributed by atoms with Crippen LogP contribution in [0.15, 0.2) is 35.4 Å². The van der Waals surface area contributed by atoms with Crippen LogP contribution in [0.4, 0.5) is 0 Å². The second kappa shape index (κ2) is 4.27. The van der Waals surface area contributed by atoms with Gasteiger partial charge in [-0.1, -0.05) is 12.1 Å². The predicted octanol–water partition coefficient (Wildman–Crippen LogP) is 0.284. The summed E-state index contributed by atoms with van der Waals surface area (Å²) >= 11 is 0. The van der Waals surface area contributed by atoms with Crippen molar-refractivity contribution in [3.63, 3.8) is 0 Å². The van der Waals surface area contributed by atoms with E-state index in [4.69, 9.17) is 4.55 Å². The van der Waals surface area contributed by atoms with Gasteiger partial charge in [0.25, 0.3) is 15.7 Å². The molecular weight excluding hydrogens is 244 g/mol. The molecule has 0 spiro atoms. The zero-order chi connectivity index (χ0) is 12.5. The van der Waals surface area contributed by atoms with Gasteiger partial charge in [0.2, 0.25) is 0 Å². The molecule has 0 fully saturated rings. The third kappa shape index (κ3) is 2.69. The Morgan fingerprint density at radius 2 is 2.00 bits per heavy atom. The standard InChI is InChI=1S/C10H10N2O4S/c13-10-8-3-1-2-4-9(8)11-7-12(10)5-6-17(14,15)16/h1-4,7H,5-6H2,(H,14,15,16). The number of benzene rings is 1. The number of hydrogen-bond acceptors (Lipinski definition) is 4. The molecule has 6 nitrogen and oxygen atoms in total. The molecule has 90 valence electrons. The summed E-state index contributed by atoms with van der Waals surface area (Å²) in [6.45, 7) is -0.116. The molecule has 1 N–H and O–H groups in total. The van der Waals surface area contributed by atoms with Crippen LogP contribution in [0, 0.1) is 0 Å². The van der Waals surface area contributed by atoms with Crippen molar-refractivity contribution in [2.75, 3.05) is 5.75 Å². The Morgan fingerprint density at radius 1 is 1.29 bits per heavy atom. The van der Waals surface area contributed by atoms with E-state index >= 15 is 0 Å². The highest BCUT2D eigenvalue weighted by molar-refractivity contribution is 7.85. The van der Waals surface area contributed by atoms with Crippen molar-refractivity contribution in [2.45, 2.75) is 6.54 Å². The van der Waals surface area contributed by atoms with Crippen LogP contribution in [0.2, 0.25) is 0 Å². The zero-order valence-electron chi connectivity index (χ0n) is 8.78. The van der Waals surface area contributed by atoms with Crippen LogP contribution in [0.1, 0.15) is 0 Å². The average molecular weight is 254 g/mol. The highest BCUT2D eigenvalue weighted by atomic mass is 32.2. The fraction of sp³-hybridized carbons (Fsp3) is 0.200. The number of hydrogen-bond donors (Lipinski definition) is 1. The quantitative estimate of drug-likeness (QED) is 0.795. The molecule has 0 aliphatic carbocycles. The Kier molecular flexibility index (Phi) is 2.95.